The van der Waals surface area contributed by atoms with Gasteiger partial charge in [-0.2, -0.15) is 0 Å². The Kier molecular flexibility index (Phi) is 7.43. The van der Waals surface area contributed by atoms with Crippen molar-refractivity contribution in [2.24, 2.45) is 0 Å². The minimum absolute atomic E-state index is 0.212. The molecule has 4 aromatic carbocycles. The monoisotopic (exact) mass is 484 g/mol. The molecule has 0 aliphatic rings. The minimum Gasteiger partial charge on any atom is -0.466 e. The summed E-state index contributed by atoms with van der Waals surface area (Å²) < 4.78 is 12.2. The molecule has 0 saturated heterocycles. The number of benzene rings is 4. The Balaban J connectivity index is 2.00. The number of ether oxygens (including phenoxy) is 1. The van der Waals surface area contributed by atoms with Crippen molar-refractivity contribution in [1.82, 2.24) is 0 Å². The Morgan fingerprint density at radius 1 is 0.765 bits per heavy atom. The second-order valence-corrected chi connectivity index (χ2v) is 11.6. The van der Waals surface area contributed by atoms with Gasteiger partial charge in [-0.05, 0) is 33.3 Å². The van der Waals surface area contributed by atoms with E-state index in [4.69, 9.17) is 20.8 Å². The summed E-state index contributed by atoms with van der Waals surface area (Å²) in [5.41, 5.74) is 0.951. The molecule has 3 nitrogen and oxygen atoms in total. The molecule has 34 heavy (non-hydrogen) atoms. The maximum Gasteiger partial charge on any atom is 0.336 e. The van der Waals surface area contributed by atoms with E-state index in [1.54, 1.807) is 12.1 Å². The van der Waals surface area contributed by atoms with Crippen LogP contribution in [-0.2, 0) is 14.0 Å². The maximum atomic E-state index is 12.7. The highest BCUT2D eigenvalue weighted by molar-refractivity contribution is 7.07. The van der Waals surface area contributed by atoms with Gasteiger partial charge >= 0.3 is 5.97 Å². The van der Waals surface area contributed by atoms with Crippen LogP contribution in [0.15, 0.2) is 127 Å². The summed E-state index contributed by atoms with van der Waals surface area (Å²) in [7, 11) is -1.77. The molecule has 0 aromatic heterocycles. The Bertz CT molecular complexity index is 1160. The number of hydrogen-bond donors (Lipinski definition) is 0. The molecule has 0 amide bonds. The third-order valence-corrected chi connectivity index (χ3v) is 10.0. The molecule has 0 aliphatic heterocycles. The first-order chi connectivity index (χ1) is 16.6. The molecule has 0 spiro atoms. The van der Waals surface area contributed by atoms with Crippen LogP contribution >= 0.6 is 11.6 Å². The predicted octanol–water partition coefficient (Wildman–Crippen LogP) is 4.79. The van der Waals surface area contributed by atoms with E-state index >= 15 is 0 Å². The van der Waals surface area contributed by atoms with Crippen LogP contribution in [0.5, 0.6) is 0 Å². The van der Waals surface area contributed by atoms with Crippen molar-refractivity contribution in [2.75, 3.05) is 7.11 Å². The lowest BCUT2D eigenvalue weighted by Gasteiger charge is -2.37. The van der Waals surface area contributed by atoms with Crippen LogP contribution in [0.3, 0.4) is 0 Å². The van der Waals surface area contributed by atoms with Crippen LogP contribution in [0.1, 0.15) is 11.7 Å². The van der Waals surface area contributed by atoms with Gasteiger partial charge in [-0.3, -0.25) is 0 Å². The zero-order chi connectivity index (χ0) is 24.0. The summed E-state index contributed by atoms with van der Waals surface area (Å²) in [4.78, 5) is 12.7. The largest absolute Gasteiger partial charge is 0.466 e. The average Bonchev–Trinajstić information content (AvgIpc) is 2.90. The van der Waals surface area contributed by atoms with Gasteiger partial charge in [-0.15, -0.1) is 0 Å². The van der Waals surface area contributed by atoms with Gasteiger partial charge in [0.25, 0.3) is 8.32 Å². The van der Waals surface area contributed by atoms with E-state index in [2.05, 4.69) is 43.0 Å². The molecule has 4 aromatic rings. The van der Waals surface area contributed by atoms with E-state index in [9.17, 15) is 4.79 Å². The van der Waals surface area contributed by atoms with Gasteiger partial charge in [0, 0.05) is 5.02 Å². The highest BCUT2D eigenvalue weighted by Crippen LogP contribution is 2.31. The lowest BCUT2D eigenvalue weighted by molar-refractivity contribution is -0.137. The molecule has 0 heterocycles. The normalized spacial score (nSPS) is 12.1. The standard InChI is InChI=1S/C29H25ClO3Si/c1-22(29(31)32-2)28(23-13-12-14-24(30)21-23)33-34(25-15-6-3-7-16-25,26-17-8-4-9-18-26)27-19-10-5-11-20-27/h3-21,28H,1H2,2H3/t28-/m1/s1. The van der Waals surface area contributed by atoms with Crippen molar-refractivity contribution in [3.8, 4) is 0 Å². The van der Waals surface area contributed by atoms with Crippen molar-refractivity contribution in [3.05, 3.63) is 138 Å². The van der Waals surface area contributed by atoms with Crippen LogP contribution in [-0.4, -0.2) is 21.4 Å². The highest BCUT2D eigenvalue weighted by Gasteiger charge is 2.45. The molecule has 5 heteroatoms. The minimum atomic E-state index is -3.12. The molecule has 170 valence electrons. The zero-order valence-electron chi connectivity index (χ0n) is 18.9. The summed E-state index contributed by atoms with van der Waals surface area (Å²) >= 11 is 6.34. The zero-order valence-corrected chi connectivity index (χ0v) is 20.6. The number of halogens is 1. The second kappa shape index (κ2) is 10.7. The van der Waals surface area contributed by atoms with Crippen molar-refractivity contribution in [2.45, 2.75) is 6.10 Å². The summed E-state index contributed by atoms with van der Waals surface area (Å²) in [6, 6.07) is 37.9. The number of carbonyl (C=O) groups excluding carboxylic acids is 1. The Morgan fingerprint density at radius 3 is 1.65 bits per heavy atom. The SMILES string of the molecule is C=C(C(=O)OC)[C@@H](O[Si](c1ccccc1)(c1ccccc1)c1ccccc1)c1cccc(Cl)c1. The van der Waals surface area contributed by atoms with E-state index < -0.39 is 20.4 Å². The van der Waals surface area contributed by atoms with Crippen molar-refractivity contribution >= 4 is 41.4 Å². The van der Waals surface area contributed by atoms with Crippen molar-refractivity contribution in [3.63, 3.8) is 0 Å². The topological polar surface area (TPSA) is 35.5 Å². The van der Waals surface area contributed by atoms with E-state index in [1.807, 2.05) is 66.7 Å². The third-order valence-electron chi connectivity index (χ3n) is 5.75. The van der Waals surface area contributed by atoms with Gasteiger partial charge in [-0.25, -0.2) is 4.79 Å². The number of methoxy groups -OCH3 is 1. The van der Waals surface area contributed by atoms with Crippen LogP contribution in [0.25, 0.3) is 0 Å². The quantitative estimate of drug-likeness (QED) is 0.156. The lowest BCUT2D eigenvalue weighted by atomic mass is 10.0. The molecule has 0 bridgehead atoms. The number of esters is 1. The molecule has 0 N–H and O–H groups in total. The lowest BCUT2D eigenvalue weighted by Crippen LogP contribution is -2.69. The van der Waals surface area contributed by atoms with Crippen molar-refractivity contribution < 1.29 is 14.0 Å². The highest BCUT2D eigenvalue weighted by atomic mass is 35.5. The smallest absolute Gasteiger partial charge is 0.336 e. The van der Waals surface area contributed by atoms with Gasteiger partial charge in [0.2, 0.25) is 0 Å². The van der Waals surface area contributed by atoms with Crippen LogP contribution in [0.4, 0.5) is 0 Å². The third kappa shape index (κ3) is 4.75. The first-order valence-corrected chi connectivity index (χ1v) is 13.2. The fourth-order valence-electron chi connectivity index (χ4n) is 4.15. The van der Waals surface area contributed by atoms with Crippen molar-refractivity contribution in [1.29, 1.82) is 0 Å². The molecule has 1 atom stereocenters. The molecular weight excluding hydrogens is 460 g/mol. The summed E-state index contributed by atoms with van der Waals surface area (Å²) in [6.07, 6.45) is -0.765. The summed E-state index contributed by atoms with van der Waals surface area (Å²) in [5, 5.41) is 3.71. The Morgan fingerprint density at radius 2 is 1.24 bits per heavy atom. The van der Waals surface area contributed by atoms with E-state index in [-0.39, 0.29) is 5.57 Å². The summed E-state index contributed by atoms with van der Waals surface area (Å²) in [6.45, 7) is 4.08. The van der Waals surface area contributed by atoms with Crippen LogP contribution in [0, 0.1) is 0 Å². The molecular formula is C29H25ClO3Si. The van der Waals surface area contributed by atoms with Gasteiger partial charge in [-0.1, -0.05) is 121 Å². The van der Waals surface area contributed by atoms with Gasteiger partial charge in [0.05, 0.1) is 12.7 Å². The van der Waals surface area contributed by atoms with Gasteiger partial charge in [0.15, 0.2) is 0 Å². The molecule has 0 radical (unpaired) electrons. The average molecular weight is 485 g/mol. The van der Waals surface area contributed by atoms with Crippen LogP contribution in [0.2, 0.25) is 5.02 Å². The molecule has 0 fully saturated rings. The van der Waals surface area contributed by atoms with Crippen LogP contribution < -0.4 is 15.6 Å². The Hall–Kier alpha value is -3.44. The molecule has 0 saturated carbocycles. The predicted molar refractivity (Wildman–Crippen MR) is 140 cm³/mol. The molecule has 0 unspecified atom stereocenters. The number of carbonyl (C=O) groups is 1. The molecule has 0 aliphatic carbocycles. The van der Waals surface area contributed by atoms with Gasteiger partial charge < -0.3 is 9.16 Å². The van der Waals surface area contributed by atoms with E-state index in [0.29, 0.717) is 5.02 Å². The number of rotatable bonds is 8. The van der Waals surface area contributed by atoms with E-state index in [0.717, 1.165) is 21.1 Å². The first kappa shape index (κ1) is 23.7. The van der Waals surface area contributed by atoms with E-state index in [1.165, 1.54) is 7.11 Å². The summed E-state index contributed by atoms with van der Waals surface area (Å²) in [5.74, 6) is -0.526. The number of hydrogen-bond acceptors (Lipinski definition) is 3. The molecule has 4 rings (SSSR count). The first-order valence-electron chi connectivity index (χ1n) is 10.9. The maximum absolute atomic E-state index is 12.7. The fourth-order valence-corrected chi connectivity index (χ4v) is 8.37. The van der Waals surface area contributed by atoms with Gasteiger partial charge in [0.1, 0.15) is 6.10 Å². The Labute approximate surface area is 206 Å². The fraction of sp³-hybridized carbons (Fsp3) is 0.0690. The second-order valence-electron chi connectivity index (χ2n) is 7.85.